The van der Waals surface area contributed by atoms with Crippen LogP contribution in [0.5, 0.6) is 0 Å². The number of benzene rings is 1. The van der Waals surface area contributed by atoms with E-state index >= 15 is 0 Å². The third kappa shape index (κ3) is 2.98. The van der Waals surface area contributed by atoms with Gasteiger partial charge in [0.15, 0.2) is 0 Å². The number of fused-ring (bicyclic) bond motifs is 1. The van der Waals surface area contributed by atoms with Crippen LogP contribution < -0.4 is 0 Å². The number of aromatic nitrogens is 1. The third-order valence-corrected chi connectivity index (χ3v) is 2.86. The Kier molecular flexibility index (Phi) is 3.99. The molecular weight excluding hydrogens is 232 g/mol. The molecule has 0 unspecified atom stereocenters. The molecule has 2 aromatic rings. The second-order valence-corrected chi connectivity index (χ2v) is 4.27. The number of rotatable bonds is 4. The van der Waals surface area contributed by atoms with E-state index in [1.807, 2.05) is 49.7 Å². The van der Waals surface area contributed by atoms with E-state index in [9.17, 15) is 0 Å². The Morgan fingerprint density at radius 2 is 2.29 bits per heavy atom. The van der Waals surface area contributed by atoms with Crippen LogP contribution in [-0.2, 0) is 6.42 Å². The molecule has 0 aliphatic heterocycles. The zero-order valence-corrected chi connectivity index (χ0v) is 10.5. The molecule has 0 amide bonds. The number of allylic oxidation sites excluding steroid dienone is 2. The van der Waals surface area contributed by atoms with Gasteiger partial charge in [0.2, 0.25) is 0 Å². The van der Waals surface area contributed by atoms with Crippen molar-refractivity contribution < 1.29 is 0 Å². The second kappa shape index (κ2) is 5.69. The highest BCUT2D eigenvalue weighted by atomic mass is 35.5. The summed E-state index contributed by atoms with van der Waals surface area (Å²) in [7, 11) is 0. The fourth-order valence-electron chi connectivity index (χ4n) is 1.76. The maximum absolute atomic E-state index is 6.00. The molecule has 0 atom stereocenters. The highest BCUT2D eigenvalue weighted by molar-refractivity contribution is 6.31. The van der Waals surface area contributed by atoms with Gasteiger partial charge in [0.1, 0.15) is 0 Å². The highest BCUT2D eigenvalue weighted by Gasteiger charge is 2.03. The molecule has 88 valence electrons. The largest absolute Gasteiger partial charge is 0.361 e. The van der Waals surface area contributed by atoms with Crippen LogP contribution in [0.1, 0.15) is 12.5 Å². The lowest BCUT2D eigenvalue weighted by Gasteiger charge is -1.96. The minimum Gasteiger partial charge on any atom is -0.361 e. The van der Waals surface area contributed by atoms with Gasteiger partial charge < -0.3 is 4.98 Å². The third-order valence-electron chi connectivity index (χ3n) is 2.62. The molecule has 17 heavy (non-hydrogen) atoms. The van der Waals surface area contributed by atoms with Crippen LogP contribution in [0.15, 0.2) is 41.5 Å². The molecule has 1 N–H and O–H groups in total. The molecule has 2 rings (SSSR count). The molecule has 1 aromatic carbocycles. The summed E-state index contributed by atoms with van der Waals surface area (Å²) < 4.78 is 0. The van der Waals surface area contributed by atoms with Gasteiger partial charge in [0.05, 0.1) is 0 Å². The van der Waals surface area contributed by atoms with E-state index in [0.717, 1.165) is 23.5 Å². The zero-order chi connectivity index (χ0) is 12.1. The van der Waals surface area contributed by atoms with Crippen molar-refractivity contribution in [2.24, 2.45) is 4.99 Å². The molecule has 0 aliphatic carbocycles. The highest BCUT2D eigenvalue weighted by Crippen LogP contribution is 2.22. The summed E-state index contributed by atoms with van der Waals surface area (Å²) in [5, 5.41) is 1.97. The van der Waals surface area contributed by atoms with E-state index in [1.165, 1.54) is 10.9 Å². The summed E-state index contributed by atoms with van der Waals surface area (Å²) in [5.74, 6) is 0. The number of aliphatic imine (C=N–C) groups is 1. The van der Waals surface area contributed by atoms with Crippen LogP contribution in [0.25, 0.3) is 10.9 Å². The van der Waals surface area contributed by atoms with Crippen LogP contribution in [0.4, 0.5) is 0 Å². The molecule has 0 bridgehead atoms. The summed E-state index contributed by atoms with van der Waals surface area (Å²) in [6.07, 6.45) is 8.70. The molecule has 0 spiro atoms. The van der Waals surface area contributed by atoms with Crippen molar-refractivity contribution in [1.82, 2.24) is 4.98 Å². The average molecular weight is 247 g/mol. The number of hydrogen-bond acceptors (Lipinski definition) is 1. The van der Waals surface area contributed by atoms with Gasteiger partial charge in [-0.3, -0.25) is 4.99 Å². The van der Waals surface area contributed by atoms with Gasteiger partial charge in [-0.25, -0.2) is 0 Å². The number of H-pyrrole nitrogens is 1. The topological polar surface area (TPSA) is 28.1 Å². The number of nitrogens with one attached hydrogen (secondary N) is 1. The maximum Gasteiger partial charge on any atom is 0.0457 e. The zero-order valence-electron chi connectivity index (χ0n) is 9.78. The maximum atomic E-state index is 6.00. The Morgan fingerprint density at radius 3 is 3.12 bits per heavy atom. The lowest BCUT2D eigenvalue weighted by molar-refractivity contribution is 0.982. The predicted octanol–water partition coefficient (Wildman–Crippen LogP) is 4.01. The average Bonchev–Trinajstić information content (AvgIpc) is 2.72. The molecule has 1 aromatic heterocycles. The molecule has 0 fully saturated rings. The van der Waals surface area contributed by atoms with Crippen LogP contribution >= 0.6 is 11.6 Å². The minimum atomic E-state index is 0.774. The van der Waals surface area contributed by atoms with E-state index < -0.39 is 0 Å². The number of aromatic amines is 1. The van der Waals surface area contributed by atoms with Crippen LogP contribution in [0.3, 0.4) is 0 Å². The lowest BCUT2D eigenvalue weighted by Crippen LogP contribution is -1.87. The fraction of sp³-hybridized carbons (Fsp3) is 0.214. The van der Waals surface area contributed by atoms with E-state index in [1.54, 1.807) is 0 Å². The molecule has 0 aliphatic rings. The first-order valence-electron chi connectivity index (χ1n) is 5.68. The summed E-state index contributed by atoms with van der Waals surface area (Å²) in [6, 6.07) is 5.90. The van der Waals surface area contributed by atoms with Gasteiger partial charge in [-0.1, -0.05) is 17.7 Å². The fourth-order valence-corrected chi connectivity index (χ4v) is 1.94. The molecule has 0 radical (unpaired) electrons. The van der Waals surface area contributed by atoms with Gasteiger partial charge in [-0.15, -0.1) is 0 Å². The minimum absolute atomic E-state index is 0.774. The monoisotopic (exact) mass is 246 g/mol. The number of halogens is 1. The van der Waals surface area contributed by atoms with Crippen LogP contribution in [-0.4, -0.2) is 17.7 Å². The van der Waals surface area contributed by atoms with E-state index in [-0.39, 0.29) is 0 Å². The van der Waals surface area contributed by atoms with Gasteiger partial charge in [0, 0.05) is 34.9 Å². The van der Waals surface area contributed by atoms with Crippen LogP contribution in [0, 0.1) is 0 Å². The molecular formula is C14H15ClN2. The molecule has 1 heterocycles. The molecule has 2 nitrogen and oxygen atoms in total. The first kappa shape index (κ1) is 11.9. The Hall–Kier alpha value is -1.54. The van der Waals surface area contributed by atoms with Crippen molar-refractivity contribution in [3.05, 3.63) is 47.1 Å². The van der Waals surface area contributed by atoms with Crippen molar-refractivity contribution in [1.29, 1.82) is 0 Å². The first-order valence-corrected chi connectivity index (χ1v) is 6.05. The van der Waals surface area contributed by atoms with Crippen molar-refractivity contribution >= 4 is 28.7 Å². The summed E-state index contributed by atoms with van der Waals surface area (Å²) >= 11 is 6.00. The number of nitrogens with zero attached hydrogens (tertiary/aromatic N) is 1. The first-order chi connectivity index (χ1) is 8.31. The second-order valence-electron chi connectivity index (χ2n) is 3.83. The van der Waals surface area contributed by atoms with Crippen molar-refractivity contribution in [3.8, 4) is 0 Å². The van der Waals surface area contributed by atoms with E-state index in [2.05, 4.69) is 9.98 Å². The Morgan fingerprint density at radius 1 is 1.41 bits per heavy atom. The summed E-state index contributed by atoms with van der Waals surface area (Å²) in [6.45, 7) is 2.78. The Balaban J connectivity index is 2.11. The Labute approximate surface area is 106 Å². The normalized spacial score (nSPS) is 12.1. The lowest BCUT2D eigenvalue weighted by atomic mass is 10.1. The summed E-state index contributed by atoms with van der Waals surface area (Å²) in [5.41, 5.74) is 2.39. The molecule has 3 heteroatoms. The van der Waals surface area contributed by atoms with E-state index in [4.69, 9.17) is 11.6 Å². The van der Waals surface area contributed by atoms with Crippen molar-refractivity contribution in [3.63, 3.8) is 0 Å². The Bertz CT molecular complexity index is 552. The van der Waals surface area contributed by atoms with Crippen molar-refractivity contribution in [2.75, 3.05) is 6.54 Å². The standard InChI is InChI=1S/C14H15ClN2/c1-2-3-7-16-8-6-11-10-17-14-5-4-12(15)9-13(11)14/h2-5,7,9-10,17H,6,8H2,1H3/b3-2-,16-7?. The SMILES string of the molecule is C/C=C\C=NCCc1c[nH]c2ccc(Cl)cc12. The molecule has 0 saturated heterocycles. The quantitative estimate of drug-likeness (QED) is 0.790. The van der Waals surface area contributed by atoms with Gasteiger partial charge in [-0.2, -0.15) is 0 Å². The smallest absolute Gasteiger partial charge is 0.0457 e. The van der Waals surface area contributed by atoms with Crippen LogP contribution in [0.2, 0.25) is 5.02 Å². The van der Waals surface area contributed by atoms with E-state index in [0.29, 0.717) is 0 Å². The summed E-state index contributed by atoms with van der Waals surface area (Å²) in [4.78, 5) is 7.55. The van der Waals surface area contributed by atoms with Gasteiger partial charge in [-0.05, 0) is 43.2 Å². The number of hydrogen-bond donors (Lipinski definition) is 1. The van der Waals surface area contributed by atoms with Gasteiger partial charge in [0.25, 0.3) is 0 Å². The predicted molar refractivity (Wildman–Crippen MR) is 75.2 cm³/mol. The van der Waals surface area contributed by atoms with Gasteiger partial charge >= 0.3 is 0 Å². The molecule has 0 saturated carbocycles. The van der Waals surface area contributed by atoms with Crippen molar-refractivity contribution in [2.45, 2.75) is 13.3 Å².